The predicted octanol–water partition coefficient (Wildman–Crippen LogP) is 9.58. The number of ether oxygens (including phenoxy) is 1. The van der Waals surface area contributed by atoms with Crippen LogP contribution in [0.3, 0.4) is 0 Å². The molecule has 1 nitrogen and oxygen atoms in total. The van der Waals surface area contributed by atoms with E-state index in [2.05, 4.69) is 98.8 Å². The van der Waals surface area contributed by atoms with Crippen molar-refractivity contribution in [3.8, 4) is 22.3 Å². The molecule has 0 bridgehead atoms. The van der Waals surface area contributed by atoms with Gasteiger partial charge in [0.1, 0.15) is 0 Å². The molecule has 0 aliphatic heterocycles. The maximum atomic E-state index is 5.65. The van der Waals surface area contributed by atoms with E-state index in [9.17, 15) is 0 Å². The Morgan fingerprint density at radius 3 is 1.79 bits per heavy atom. The minimum atomic E-state index is 0.695. The van der Waals surface area contributed by atoms with Crippen molar-refractivity contribution in [1.82, 2.24) is 0 Å². The number of rotatable bonds is 10. The van der Waals surface area contributed by atoms with Gasteiger partial charge in [-0.1, -0.05) is 91.9 Å². The maximum Gasteiger partial charge on any atom is 0.0716 e. The Labute approximate surface area is 206 Å². The van der Waals surface area contributed by atoms with Gasteiger partial charge in [-0.15, -0.1) is 0 Å². The molecule has 0 saturated heterocycles. The highest BCUT2D eigenvalue weighted by Gasteiger charge is 2.21. The summed E-state index contributed by atoms with van der Waals surface area (Å²) in [6.45, 7) is 5.78. The lowest BCUT2D eigenvalue weighted by atomic mass is 9.77. The second kappa shape index (κ2) is 12.7. The fraction of sp³-hybridized carbons (Fsp3) is 0.394. The van der Waals surface area contributed by atoms with Crippen LogP contribution >= 0.6 is 0 Å². The first-order valence-corrected chi connectivity index (χ1v) is 13.3. The summed E-state index contributed by atoms with van der Waals surface area (Å²) >= 11 is 0. The molecular formula is C33H40O. The molecule has 1 aliphatic rings. The molecule has 1 saturated carbocycles. The van der Waals surface area contributed by atoms with Gasteiger partial charge in [-0.2, -0.15) is 0 Å². The lowest BCUT2D eigenvalue weighted by Crippen LogP contribution is -2.13. The molecule has 4 rings (SSSR count). The van der Waals surface area contributed by atoms with Gasteiger partial charge < -0.3 is 4.74 Å². The van der Waals surface area contributed by atoms with Crippen molar-refractivity contribution in [2.24, 2.45) is 5.92 Å². The molecule has 0 radical (unpaired) electrons. The van der Waals surface area contributed by atoms with E-state index in [1.54, 1.807) is 0 Å². The predicted molar refractivity (Wildman–Crippen MR) is 146 cm³/mol. The highest BCUT2D eigenvalue weighted by atomic mass is 16.5. The Morgan fingerprint density at radius 1 is 0.735 bits per heavy atom. The summed E-state index contributed by atoms with van der Waals surface area (Å²) in [4.78, 5) is 0. The van der Waals surface area contributed by atoms with Crippen molar-refractivity contribution in [2.75, 3.05) is 6.61 Å². The zero-order valence-electron chi connectivity index (χ0n) is 21.0. The molecule has 3 aromatic rings. The number of hydrogen-bond donors (Lipinski definition) is 0. The van der Waals surface area contributed by atoms with E-state index in [0.29, 0.717) is 6.61 Å². The summed E-state index contributed by atoms with van der Waals surface area (Å²) in [5, 5.41) is 0. The quantitative estimate of drug-likeness (QED) is 0.220. The van der Waals surface area contributed by atoms with Crippen molar-refractivity contribution in [2.45, 2.75) is 71.3 Å². The first-order chi connectivity index (χ1) is 16.8. The van der Waals surface area contributed by atoms with E-state index >= 15 is 0 Å². The zero-order chi connectivity index (χ0) is 23.6. The van der Waals surface area contributed by atoms with Crippen molar-refractivity contribution < 1.29 is 4.74 Å². The Bertz CT molecular complexity index is 1000. The zero-order valence-corrected chi connectivity index (χ0v) is 21.0. The molecule has 1 fully saturated rings. The third kappa shape index (κ3) is 6.70. The molecule has 0 heterocycles. The van der Waals surface area contributed by atoms with Gasteiger partial charge in [0, 0.05) is 6.61 Å². The lowest BCUT2D eigenvalue weighted by molar-refractivity contribution is 0.121. The largest absolute Gasteiger partial charge is 0.377 e. The second-order valence-corrected chi connectivity index (χ2v) is 9.81. The van der Waals surface area contributed by atoms with Gasteiger partial charge in [0.05, 0.1) is 6.61 Å². The Hall–Kier alpha value is -2.64. The molecular weight excluding hydrogens is 412 g/mol. The van der Waals surface area contributed by atoms with Crippen molar-refractivity contribution in [3.63, 3.8) is 0 Å². The average Bonchev–Trinajstić information content (AvgIpc) is 2.90. The van der Waals surface area contributed by atoms with Crippen molar-refractivity contribution in [3.05, 3.63) is 96.1 Å². The van der Waals surface area contributed by atoms with Crippen LogP contribution in [0.5, 0.6) is 0 Å². The van der Waals surface area contributed by atoms with Crippen LogP contribution in [0, 0.1) is 5.92 Å². The van der Waals surface area contributed by atoms with E-state index < -0.39 is 0 Å². The standard InChI is InChI=1S/C33H40O/c1-3-5-6-7-26-8-12-28(13-9-26)30-16-20-32(21-17-30)33-22-18-31(19-23-33)29-14-10-27(11-15-29)25-34-24-4-2/h3,5,10-11,14-23,26,28H,4,6-9,12-13,24-25H2,1-2H3/b5-3+. The van der Waals surface area contributed by atoms with Crippen molar-refractivity contribution >= 4 is 0 Å². The smallest absolute Gasteiger partial charge is 0.0716 e. The minimum Gasteiger partial charge on any atom is -0.377 e. The number of benzene rings is 3. The van der Waals surface area contributed by atoms with E-state index in [0.717, 1.165) is 24.9 Å². The Morgan fingerprint density at radius 2 is 1.26 bits per heavy atom. The maximum absolute atomic E-state index is 5.65. The van der Waals surface area contributed by atoms with E-state index in [4.69, 9.17) is 4.74 Å². The van der Waals surface area contributed by atoms with Gasteiger partial charge in [-0.25, -0.2) is 0 Å². The molecule has 0 N–H and O–H groups in total. The molecule has 178 valence electrons. The van der Waals surface area contributed by atoms with Gasteiger partial charge >= 0.3 is 0 Å². The van der Waals surface area contributed by atoms with Crippen LogP contribution in [0.4, 0.5) is 0 Å². The molecule has 34 heavy (non-hydrogen) atoms. The highest BCUT2D eigenvalue weighted by molar-refractivity contribution is 5.70. The van der Waals surface area contributed by atoms with Crippen LogP contribution in [-0.2, 0) is 11.3 Å². The Balaban J connectivity index is 1.33. The van der Waals surface area contributed by atoms with Gasteiger partial charge in [0.25, 0.3) is 0 Å². The van der Waals surface area contributed by atoms with Crippen LogP contribution in [0.25, 0.3) is 22.3 Å². The highest BCUT2D eigenvalue weighted by Crippen LogP contribution is 2.38. The number of hydrogen-bond acceptors (Lipinski definition) is 1. The van der Waals surface area contributed by atoms with Crippen LogP contribution in [0.2, 0.25) is 0 Å². The molecule has 0 spiro atoms. The van der Waals surface area contributed by atoms with Crippen molar-refractivity contribution in [1.29, 1.82) is 0 Å². The van der Waals surface area contributed by atoms with Gasteiger partial charge in [0.15, 0.2) is 0 Å². The van der Waals surface area contributed by atoms with Gasteiger partial charge in [-0.3, -0.25) is 0 Å². The third-order valence-corrected chi connectivity index (χ3v) is 7.33. The fourth-order valence-corrected chi connectivity index (χ4v) is 5.21. The first kappa shape index (κ1) is 24.5. The molecule has 1 aliphatic carbocycles. The van der Waals surface area contributed by atoms with Crippen LogP contribution in [-0.4, -0.2) is 6.61 Å². The van der Waals surface area contributed by atoms with E-state index in [-0.39, 0.29) is 0 Å². The lowest BCUT2D eigenvalue weighted by Gasteiger charge is -2.28. The molecule has 0 aromatic heterocycles. The fourth-order valence-electron chi connectivity index (χ4n) is 5.21. The van der Waals surface area contributed by atoms with Crippen LogP contribution in [0.15, 0.2) is 84.9 Å². The van der Waals surface area contributed by atoms with Crippen LogP contribution in [0.1, 0.15) is 75.8 Å². The summed E-state index contributed by atoms with van der Waals surface area (Å²) in [7, 11) is 0. The normalized spacial score (nSPS) is 18.4. The van der Waals surface area contributed by atoms with Crippen LogP contribution < -0.4 is 0 Å². The topological polar surface area (TPSA) is 9.23 Å². The SMILES string of the molecule is C/C=C/CCC1CCC(c2ccc(-c3ccc(-c4ccc(COCCC)cc4)cc3)cc2)CC1. The Kier molecular flexibility index (Phi) is 9.16. The second-order valence-electron chi connectivity index (χ2n) is 9.81. The summed E-state index contributed by atoms with van der Waals surface area (Å²) in [6.07, 6.45) is 13.6. The number of allylic oxidation sites excluding steroid dienone is 2. The summed E-state index contributed by atoms with van der Waals surface area (Å²) in [6, 6.07) is 27.1. The molecule has 0 atom stereocenters. The molecule has 0 unspecified atom stereocenters. The molecule has 3 aromatic carbocycles. The first-order valence-electron chi connectivity index (χ1n) is 13.3. The minimum absolute atomic E-state index is 0.695. The third-order valence-electron chi connectivity index (χ3n) is 7.33. The summed E-state index contributed by atoms with van der Waals surface area (Å²) in [5.74, 6) is 1.67. The molecule has 1 heteroatoms. The summed E-state index contributed by atoms with van der Waals surface area (Å²) in [5.41, 5.74) is 7.85. The van der Waals surface area contributed by atoms with E-state index in [1.807, 2.05) is 0 Å². The van der Waals surface area contributed by atoms with Gasteiger partial charge in [-0.05, 0) is 97.1 Å². The summed E-state index contributed by atoms with van der Waals surface area (Å²) < 4.78 is 5.65. The molecule has 0 amide bonds. The average molecular weight is 453 g/mol. The van der Waals surface area contributed by atoms with Gasteiger partial charge in [0.2, 0.25) is 0 Å². The monoisotopic (exact) mass is 452 g/mol. The van der Waals surface area contributed by atoms with E-state index in [1.165, 1.54) is 71.9 Å².